The number of rotatable bonds is 4. The lowest BCUT2D eigenvalue weighted by molar-refractivity contribution is -0.141. The molecular weight excluding hydrogens is 384 g/mol. The summed E-state index contributed by atoms with van der Waals surface area (Å²) in [5, 5.41) is 4.10. The molecule has 0 fully saturated rings. The Morgan fingerprint density at radius 1 is 1.29 bits per heavy atom. The molecule has 1 aromatic carbocycles. The van der Waals surface area contributed by atoms with Crippen molar-refractivity contribution in [3.05, 3.63) is 34.9 Å². The van der Waals surface area contributed by atoms with Gasteiger partial charge in [-0.3, -0.25) is 14.3 Å². The van der Waals surface area contributed by atoms with E-state index in [4.69, 9.17) is 14.2 Å². The second-order valence-corrected chi connectivity index (χ2v) is 6.97. The number of aromatic nitrogens is 3. The molecule has 0 radical (unpaired) electrons. The molecule has 4 rings (SSSR count). The van der Waals surface area contributed by atoms with Gasteiger partial charge < -0.3 is 18.8 Å². The molecule has 0 atom stereocenters. The van der Waals surface area contributed by atoms with E-state index < -0.39 is 11.9 Å². The van der Waals surface area contributed by atoms with Gasteiger partial charge in [-0.05, 0) is 13.0 Å². The highest BCUT2D eigenvalue weighted by atomic mass is 32.1. The summed E-state index contributed by atoms with van der Waals surface area (Å²) in [6.45, 7) is 3.30. The van der Waals surface area contributed by atoms with Crippen LogP contribution in [0.1, 0.15) is 17.4 Å². The molecule has 1 amide bonds. The Morgan fingerprint density at radius 3 is 2.75 bits per heavy atom. The maximum Gasteiger partial charge on any atom is 0.325 e. The smallest absolute Gasteiger partial charge is 0.325 e. The van der Waals surface area contributed by atoms with Gasteiger partial charge in [0.15, 0.2) is 16.3 Å². The van der Waals surface area contributed by atoms with Gasteiger partial charge in [0, 0.05) is 24.9 Å². The number of fused-ring (bicyclic) bond motifs is 2. The molecule has 0 aliphatic carbocycles. The zero-order valence-electron chi connectivity index (χ0n) is 15.4. The number of methoxy groups -OCH3 is 1. The number of thiazole rings is 1. The summed E-state index contributed by atoms with van der Waals surface area (Å²) in [4.78, 5) is 29.3. The number of hydrogen-bond donors (Lipinski definition) is 0. The van der Waals surface area contributed by atoms with Crippen LogP contribution in [0.2, 0.25) is 0 Å². The van der Waals surface area contributed by atoms with E-state index in [1.807, 2.05) is 13.0 Å². The Balaban J connectivity index is 1.87. The van der Waals surface area contributed by atoms with Crippen molar-refractivity contribution in [1.82, 2.24) is 14.3 Å². The SMILES string of the molecule is CCn1nccc1C(=O)N=c1sc2cc3c(cc2n1CC(=O)OC)OCCO3. The molecule has 28 heavy (non-hydrogen) atoms. The number of ether oxygens (including phenoxy) is 3. The standard InChI is InChI=1S/C18H18N4O5S/c1-3-22-11(4-5-19-22)17(24)20-18-21(10-16(23)25-2)12-8-13-14(9-15(12)28-18)27-7-6-26-13/h4-5,8-9H,3,6-7,10H2,1-2H3. The number of benzene rings is 1. The number of amides is 1. The van der Waals surface area contributed by atoms with Crippen molar-refractivity contribution in [2.75, 3.05) is 20.3 Å². The van der Waals surface area contributed by atoms with E-state index in [0.717, 1.165) is 10.2 Å². The molecule has 0 spiro atoms. The lowest BCUT2D eigenvalue weighted by Crippen LogP contribution is -2.23. The summed E-state index contributed by atoms with van der Waals surface area (Å²) >= 11 is 1.29. The zero-order chi connectivity index (χ0) is 19.7. The molecule has 1 aliphatic rings. The molecule has 0 unspecified atom stereocenters. The van der Waals surface area contributed by atoms with Crippen LogP contribution in [0.15, 0.2) is 29.4 Å². The molecule has 2 aromatic heterocycles. The fraction of sp³-hybridized carbons (Fsp3) is 0.333. The molecule has 1 aliphatic heterocycles. The number of hydrogen-bond acceptors (Lipinski definition) is 7. The minimum Gasteiger partial charge on any atom is -0.486 e. The van der Waals surface area contributed by atoms with E-state index in [0.29, 0.717) is 41.8 Å². The molecule has 3 aromatic rings. The van der Waals surface area contributed by atoms with Crippen molar-refractivity contribution < 1.29 is 23.8 Å². The predicted octanol–water partition coefficient (Wildman–Crippen LogP) is 1.60. The average Bonchev–Trinajstić information content (AvgIpc) is 3.31. The Kier molecular flexibility index (Phi) is 4.86. The van der Waals surface area contributed by atoms with Crippen LogP contribution in [0.3, 0.4) is 0 Å². The van der Waals surface area contributed by atoms with Crippen LogP contribution < -0.4 is 14.3 Å². The first kappa shape index (κ1) is 18.2. The maximum absolute atomic E-state index is 12.7. The van der Waals surface area contributed by atoms with E-state index in [-0.39, 0.29) is 6.54 Å². The third-order valence-electron chi connectivity index (χ3n) is 4.29. The summed E-state index contributed by atoms with van der Waals surface area (Å²) in [5.74, 6) is 0.355. The normalized spacial score (nSPS) is 13.7. The van der Waals surface area contributed by atoms with E-state index >= 15 is 0 Å². The number of carbonyl (C=O) groups is 2. The fourth-order valence-corrected chi connectivity index (χ4v) is 3.99. The van der Waals surface area contributed by atoms with Gasteiger partial charge in [-0.25, -0.2) is 0 Å². The summed E-state index contributed by atoms with van der Waals surface area (Å²) < 4.78 is 20.1. The largest absolute Gasteiger partial charge is 0.486 e. The van der Waals surface area contributed by atoms with Crippen LogP contribution in [0.25, 0.3) is 10.2 Å². The molecule has 146 valence electrons. The molecular formula is C18H18N4O5S. The third-order valence-corrected chi connectivity index (χ3v) is 5.34. The monoisotopic (exact) mass is 402 g/mol. The van der Waals surface area contributed by atoms with Gasteiger partial charge in [0.05, 0.1) is 17.3 Å². The van der Waals surface area contributed by atoms with Gasteiger partial charge in [0.2, 0.25) is 0 Å². The summed E-state index contributed by atoms with van der Waals surface area (Å²) in [6, 6.07) is 5.25. The highest BCUT2D eigenvalue weighted by molar-refractivity contribution is 7.16. The quantitative estimate of drug-likeness (QED) is 0.615. The summed E-state index contributed by atoms with van der Waals surface area (Å²) in [6.07, 6.45) is 1.56. The second kappa shape index (κ2) is 7.47. The van der Waals surface area contributed by atoms with Crippen molar-refractivity contribution >= 4 is 33.4 Å². The first-order valence-corrected chi connectivity index (χ1v) is 9.53. The number of carbonyl (C=O) groups excluding carboxylic acids is 2. The molecule has 10 heteroatoms. The van der Waals surface area contributed by atoms with Crippen molar-refractivity contribution in [2.24, 2.45) is 4.99 Å². The van der Waals surface area contributed by atoms with E-state index in [2.05, 4.69) is 10.1 Å². The van der Waals surface area contributed by atoms with Gasteiger partial charge in [-0.15, -0.1) is 0 Å². The van der Waals surface area contributed by atoms with Crippen molar-refractivity contribution in [3.8, 4) is 11.5 Å². The number of aryl methyl sites for hydroxylation is 1. The van der Waals surface area contributed by atoms with E-state index in [9.17, 15) is 9.59 Å². The van der Waals surface area contributed by atoms with E-state index in [1.54, 1.807) is 27.6 Å². The third kappa shape index (κ3) is 3.26. The van der Waals surface area contributed by atoms with E-state index in [1.165, 1.54) is 18.4 Å². The van der Waals surface area contributed by atoms with Crippen LogP contribution >= 0.6 is 11.3 Å². The van der Waals surface area contributed by atoms with Crippen LogP contribution in [-0.4, -0.2) is 46.5 Å². The molecule has 3 heterocycles. The molecule has 0 N–H and O–H groups in total. The number of nitrogens with zero attached hydrogens (tertiary/aromatic N) is 4. The van der Waals surface area contributed by atoms with Gasteiger partial charge in [-0.2, -0.15) is 10.1 Å². The van der Waals surface area contributed by atoms with Gasteiger partial charge in [0.25, 0.3) is 5.91 Å². The Hall–Kier alpha value is -3.14. The minimum atomic E-state index is -0.443. The highest BCUT2D eigenvalue weighted by Gasteiger charge is 2.19. The lowest BCUT2D eigenvalue weighted by atomic mass is 10.2. The van der Waals surface area contributed by atoms with Crippen molar-refractivity contribution in [3.63, 3.8) is 0 Å². The molecule has 9 nitrogen and oxygen atoms in total. The summed E-state index contributed by atoms with van der Waals surface area (Å²) in [5.41, 5.74) is 1.10. The fourth-order valence-electron chi connectivity index (χ4n) is 2.95. The van der Waals surface area contributed by atoms with Crippen molar-refractivity contribution in [1.29, 1.82) is 0 Å². The average molecular weight is 402 g/mol. The van der Waals surface area contributed by atoms with Gasteiger partial charge >= 0.3 is 5.97 Å². The topological polar surface area (TPSA) is 96.9 Å². The summed E-state index contributed by atoms with van der Waals surface area (Å²) in [7, 11) is 1.32. The Labute approximate surface area is 163 Å². The lowest BCUT2D eigenvalue weighted by Gasteiger charge is -2.18. The van der Waals surface area contributed by atoms with Crippen LogP contribution in [0.5, 0.6) is 11.5 Å². The van der Waals surface area contributed by atoms with Gasteiger partial charge in [0.1, 0.15) is 25.5 Å². The Morgan fingerprint density at radius 2 is 2.04 bits per heavy atom. The first-order valence-electron chi connectivity index (χ1n) is 8.71. The maximum atomic E-state index is 12.7. The minimum absolute atomic E-state index is 0.0741. The van der Waals surface area contributed by atoms with Crippen LogP contribution in [-0.2, 0) is 22.6 Å². The van der Waals surface area contributed by atoms with Crippen LogP contribution in [0.4, 0.5) is 0 Å². The van der Waals surface area contributed by atoms with Gasteiger partial charge in [-0.1, -0.05) is 11.3 Å². The Bertz CT molecular complexity index is 1130. The first-order chi connectivity index (χ1) is 13.6. The van der Waals surface area contributed by atoms with Crippen LogP contribution in [0, 0.1) is 0 Å². The highest BCUT2D eigenvalue weighted by Crippen LogP contribution is 2.35. The predicted molar refractivity (Wildman–Crippen MR) is 101 cm³/mol. The molecule has 0 saturated carbocycles. The second-order valence-electron chi connectivity index (χ2n) is 5.96. The zero-order valence-corrected chi connectivity index (χ0v) is 16.2. The van der Waals surface area contributed by atoms with Crippen molar-refractivity contribution in [2.45, 2.75) is 20.0 Å². The molecule has 0 bridgehead atoms. The molecule has 0 saturated heterocycles. The number of esters is 1.